The molecule has 1 rings (SSSR count). The molecule has 1 N–H and O–H groups in total. The number of rotatable bonds is 8. The van der Waals surface area contributed by atoms with Crippen LogP contribution in [0.25, 0.3) is 0 Å². The van der Waals surface area contributed by atoms with Gasteiger partial charge in [-0.05, 0) is 12.8 Å². The zero-order valence-corrected chi connectivity index (χ0v) is 12.7. The lowest BCUT2D eigenvalue weighted by molar-refractivity contribution is -0.155. The summed E-state index contributed by atoms with van der Waals surface area (Å²) in [6.45, 7) is 4.93. The summed E-state index contributed by atoms with van der Waals surface area (Å²) in [5.41, 5.74) is 0. The minimum atomic E-state index is -0.551. The second-order valence-corrected chi connectivity index (χ2v) is 5.60. The summed E-state index contributed by atoms with van der Waals surface area (Å²) in [4.78, 5) is 0. The quantitative estimate of drug-likeness (QED) is 0.543. The zero-order valence-electron chi connectivity index (χ0n) is 12.7. The SMILES string of the molecule is CCCCCCC/C=C/[C@@H]1OC[C@H](C)[C@H](OC)[C@@H]1O. The molecule has 3 nitrogen and oxygen atoms in total. The van der Waals surface area contributed by atoms with Crippen LogP contribution in [0.4, 0.5) is 0 Å². The molecule has 0 aliphatic carbocycles. The van der Waals surface area contributed by atoms with Gasteiger partial charge in [0.2, 0.25) is 0 Å². The summed E-state index contributed by atoms with van der Waals surface area (Å²) in [5.74, 6) is 0.249. The number of allylic oxidation sites excluding steroid dienone is 1. The van der Waals surface area contributed by atoms with Crippen molar-refractivity contribution in [1.29, 1.82) is 0 Å². The molecule has 0 unspecified atom stereocenters. The molecule has 1 saturated heterocycles. The second-order valence-electron chi connectivity index (χ2n) is 5.60. The van der Waals surface area contributed by atoms with Crippen molar-refractivity contribution in [1.82, 2.24) is 0 Å². The Balaban J connectivity index is 2.24. The van der Waals surface area contributed by atoms with Gasteiger partial charge >= 0.3 is 0 Å². The van der Waals surface area contributed by atoms with Gasteiger partial charge in [0.1, 0.15) is 12.2 Å². The first-order valence-corrected chi connectivity index (χ1v) is 7.69. The molecule has 0 aromatic rings. The molecule has 0 saturated carbocycles. The van der Waals surface area contributed by atoms with E-state index in [1.54, 1.807) is 7.11 Å². The number of aliphatic hydroxyl groups excluding tert-OH is 1. The van der Waals surface area contributed by atoms with E-state index in [0.717, 1.165) is 6.42 Å². The number of hydrogen-bond donors (Lipinski definition) is 1. The highest BCUT2D eigenvalue weighted by atomic mass is 16.5. The Kier molecular flexibility index (Phi) is 8.35. The number of methoxy groups -OCH3 is 1. The fraction of sp³-hybridized carbons (Fsp3) is 0.875. The molecule has 1 aliphatic heterocycles. The minimum absolute atomic E-state index is 0.118. The minimum Gasteiger partial charge on any atom is -0.387 e. The molecule has 3 heteroatoms. The fourth-order valence-corrected chi connectivity index (χ4v) is 2.62. The van der Waals surface area contributed by atoms with Crippen LogP contribution in [0.1, 0.15) is 52.4 Å². The Morgan fingerprint density at radius 1 is 1.26 bits per heavy atom. The van der Waals surface area contributed by atoms with E-state index in [1.807, 2.05) is 13.0 Å². The third kappa shape index (κ3) is 5.64. The summed E-state index contributed by atoms with van der Waals surface area (Å²) in [6, 6.07) is 0. The molecule has 1 fully saturated rings. The predicted octanol–water partition coefficient (Wildman–Crippen LogP) is 3.31. The Morgan fingerprint density at radius 3 is 2.68 bits per heavy atom. The maximum atomic E-state index is 10.2. The molecular weight excluding hydrogens is 240 g/mol. The first-order chi connectivity index (χ1) is 9.20. The lowest BCUT2D eigenvalue weighted by Gasteiger charge is -2.36. The highest BCUT2D eigenvalue weighted by molar-refractivity contribution is 4.99. The van der Waals surface area contributed by atoms with E-state index in [2.05, 4.69) is 13.0 Å². The van der Waals surface area contributed by atoms with Crippen LogP contribution in [0, 0.1) is 5.92 Å². The molecule has 1 aliphatic rings. The molecule has 0 amide bonds. The van der Waals surface area contributed by atoms with Crippen molar-refractivity contribution in [2.24, 2.45) is 5.92 Å². The topological polar surface area (TPSA) is 38.7 Å². The van der Waals surface area contributed by atoms with Crippen LogP contribution in [0.3, 0.4) is 0 Å². The third-order valence-corrected chi connectivity index (χ3v) is 3.86. The van der Waals surface area contributed by atoms with Gasteiger partial charge in [-0.25, -0.2) is 0 Å². The smallest absolute Gasteiger partial charge is 0.110 e. The van der Waals surface area contributed by atoms with Crippen LogP contribution in [-0.2, 0) is 9.47 Å². The van der Waals surface area contributed by atoms with Crippen LogP contribution < -0.4 is 0 Å². The lowest BCUT2D eigenvalue weighted by atomic mass is 9.93. The van der Waals surface area contributed by atoms with Crippen molar-refractivity contribution in [3.63, 3.8) is 0 Å². The van der Waals surface area contributed by atoms with E-state index >= 15 is 0 Å². The average Bonchev–Trinajstić information content (AvgIpc) is 2.40. The number of unbranched alkanes of at least 4 members (excludes halogenated alkanes) is 5. The van der Waals surface area contributed by atoms with Crippen molar-refractivity contribution in [2.45, 2.75) is 70.7 Å². The van der Waals surface area contributed by atoms with Gasteiger partial charge in [0, 0.05) is 13.0 Å². The summed E-state index contributed by atoms with van der Waals surface area (Å²) >= 11 is 0. The van der Waals surface area contributed by atoms with E-state index in [-0.39, 0.29) is 18.1 Å². The molecule has 112 valence electrons. The Morgan fingerprint density at radius 2 is 2.00 bits per heavy atom. The molecule has 0 bridgehead atoms. The van der Waals surface area contributed by atoms with Crippen LogP contribution in [0.15, 0.2) is 12.2 Å². The largest absolute Gasteiger partial charge is 0.387 e. The molecule has 0 aromatic heterocycles. The van der Waals surface area contributed by atoms with Crippen LogP contribution in [0.2, 0.25) is 0 Å². The molecule has 4 atom stereocenters. The van der Waals surface area contributed by atoms with Gasteiger partial charge in [-0.15, -0.1) is 0 Å². The third-order valence-electron chi connectivity index (χ3n) is 3.86. The number of hydrogen-bond acceptors (Lipinski definition) is 3. The first-order valence-electron chi connectivity index (χ1n) is 7.69. The predicted molar refractivity (Wildman–Crippen MR) is 78.2 cm³/mol. The lowest BCUT2D eigenvalue weighted by Crippen LogP contribution is -2.49. The molecule has 1 heterocycles. The van der Waals surface area contributed by atoms with Crippen LogP contribution in [-0.4, -0.2) is 37.1 Å². The zero-order chi connectivity index (χ0) is 14.1. The molecule has 19 heavy (non-hydrogen) atoms. The summed E-state index contributed by atoms with van der Waals surface area (Å²) in [7, 11) is 1.66. The van der Waals surface area contributed by atoms with Gasteiger partial charge in [-0.1, -0.05) is 51.7 Å². The Labute approximate surface area is 118 Å². The monoisotopic (exact) mass is 270 g/mol. The Bertz CT molecular complexity index is 252. The van der Waals surface area contributed by atoms with E-state index in [9.17, 15) is 5.11 Å². The van der Waals surface area contributed by atoms with Crippen molar-refractivity contribution < 1.29 is 14.6 Å². The summed E-state index contributed by atoms with van der Waals surface area (Å²) < 4.78 is 11.0. The highest BCUT2D eigenvalue weighted by Gasteiger charge is 2.35. The van der Waals surface area contributed by atoms with Gasteiger partial charge in [0.25, 0.3) is 0 Å². The van der Waals surface area contributed by atoms with Gasteiger partial charge < -0.3 is 14.6 Å². The van der Waals surface area contributed by atoms with Crippen molar-refractivity contribution in [3.05, 3.63) is 12.2 Å². The summed E-state index contributed by atoms with van der Waals surface area (Å²) in [6.07, 6.45) is 10.8. The van der Waals surface area contributed by atoms with Gasteiger partial charge in [0.05, 0.1) is 12.7 Å². The van der Waals surface area contributed by atoms with Gasteiger partial charge in [0.15, 0.2) is 0 Å². The fourth-order valence-electron chi connectivity index (χ4n) is 2.62. The van der Waals surface area contributed by atoms with E-state index in [4.69, 9.17) is 9.47 Å². The van der Waals surface area contributed by atoms with Crippen LogP contribution >= 0.6 is 0 Å². The normalized spacial score (nSPS) is 32.0. The van der Waals surface area contributed by atoms with E-state index in [0.29, 0.717) is 6.61 Å². The summed E-state index contributed by atoms with van der Waals surface area (Å²) in [5, 5.41) is 10.2. The second kappa shape index (κ2) is 9.51. The first kappa shape index (κ1) is 16.7. The number of aliphatic hydroxyl groups is 1. The van der Waals surface area contributed by atoms with Gasteiger partial charge in [-0.2, -0.15) is 0 Å². The van der Waals surface area contributed by atoms with E-state index in [1.165, 1.54) is 32.1 Å². The van der Waals surface area contributed by atoms with Crippen molar-refractivity contribution in [2.75, 3.05) is 13.7 Å². The van der Waals surface area contributed by atoms with Crippen molar-refractivity contribution in [3.8, 4) is 0 Å². The molecule has 0 radical (unpaired) electrons. The molecule has 0 aromatic carbocycles. The van der Waals surface area contributed by atoms with E-state index < -0.39 is 6.10 Å². The maximum absolute atomic E-state index is 10.2. The highest BCUT2D eigenvalue weighted by Crippen LogP contribution is 2.23. The Hall–Kier alpha value is -0.380. The average molecular weight is 270 g/mol. The standard InChI is InChI=1S/C16H30O3/c1-4-5-6-7-8-9-10-11-14-15(17)16(18-3)13(2)12-19-14/h10-11,13-17H,4-9,12H2,1-3H3/b11-10+/t13-,14-,15+,16-/m0/s1. The maximum Gasteiger partial charge on any atom is 0.110 e. The van der Waals surface area contributed by atoms with Crippen LogP contribution in [0.5, 0.6) is 0 Å². The number of ether oxygens (including phenoxy) is 2. The molecule has 0 spiro atoms. The van der Waals surface area contributed by atoms with Gasteiger partial charge in [-0.3, -0.25) is 0 Å². The van der Waals surface area contributed by atoms with Crippen molar-refractivity contribution >= 4 is 0 Å². The molecular formula is C16H30O3.